The van der Waals surface area contributed by atoms with Crippen molar-refractivity contribution in [1.82, 2.24) is 0 Å². The van der Waals surface area contributed by atoms with Crippen LogP contribution in [0, 0.1) is 0 Å². The van der Waals surface area contributed by atoms with E-state index >= 15 is 0 Å². The first-order chi connectivity index (χ1) is 9.63. The minimum absolute atomic E-state index is 0.0527. The number of hydrogen-bond donors (Lipinski definition) is 2. The van der Waals surface area contributed by atoms with Crippen LogP contribution in [0.2, 0.25) is 0 Å². The summed E-state index contributed by atoms with van der Waals surface area (Å²) in [5, 5.41) is 11.6. The Bertz CT molecular complexity index is 443. The Labute approximate surface area is 120 Å². The van der Waals surface area contributed by atoms with Crippen molar-refractivity contribution in [2.75, 3.05) is 5.32 Å². The Balaban J connectivity index is 2.28. The van der Waals surface area contributed by atoms with Gasteiger partial charge in [-0.05, 0) is 24.6 Å². The van der Waals surface area contributed by atoms with Gasteiger partial charge in [-0.1, -0.05) is 45.1 Å². The molecule has 0 atom stereocenters. The molecule has 1 aromatic rings. The highest BCUT2D eigenvalue weighted by Gasteiger charge is 2.06. The minimum atomic E-state index is -0.989. The molecule has 1 amide bonds. The van der Waals surface area contributed by atoms with Gasteiger partial charge in [0.25, 0.3) is 0 Å². The lowest BCUT2D eigenvalue weighted by Crippen LogP contribution is -2.11. The van der Waals surface area contributed by atoms with Crippen molar-refractivity contribution in [2.45, 2.75) is 51.9 Å². The molecule has 0 aliphatic carbocycles. The molecule has 1 rings (SSSR count). The second-order valence-corrected chi connectivity index (χ2v) is 4.95. The quantitative estimate of drug-likeness (QED) is 0.668. The molecule has 0 unspecified atom stereocenters. The fraction of sp³-hybridized carbons (Fsp3) is 0.500. The van der Waals surface area contributed by atoms with Crippen LogP contribution in [0.25, 0.3) is 0 Å². The first-order valence-electron chi connectivity index (χ1n) is 7.26. The summed E-state index contributed by atoms with van der Waals surface area (Å²) >= 11 is 0. The van der Waals surface area contributed by atoms with E-state index in [0.717, 1.165) is 12.8 Å². The van der Waals surface area contributed by atoms with Crippen molar-refractivity contribution in [3.63, 3.8) is 0 Å². The van der Waals surface area contributed by atoms with Crippen LogP contribution < -0.4 is 5.32 Å². The highest BCUT2D eigenvalue weighted by atomic mass is 16.4. The average Bonchev–Trinajstić information content (AvgIpc) is 2.43. The second-order valence-electron chi connectivity index (χ2n) is 4.95. The number of carbonyl (C=O) groups is 2. The lowest BCUT2D eigenvalue weighted by atomic mass is 10.1. The van der Waals surface area contributed by atoms with Crippen LogP contribution in [0.15, 0.2) is 24.3 Å². The predicted molar refractivity (Wildman–Crippen MR) is 80.0 cm³/mol. The van der Waals surface area contributed by atoms with E-state index in [2.05, 4.69) is 12.2 Å². The smallest absolute Gasteiger partial charge is 0.335 e. The van der Waals surface area contributed by atoms with Gasteiger partial charge in [0.05, 0.1) is 5.56 Å². The van der Waals surface area contributed by atoms with Crippen molar-refractivity contribution in [3.8, 4) is 0 Å². The van der Waals surface area contributed by atoms with Crippen LogP contribution in [0.3, 0.4) is 0 Å². The minimum Gasteiger partial charge on any atom is -0.478 e. The van der Waals surface area contributed by atoms with Crippen LogP contribution >= 0.6 is 0 Å². The lowest BCUT2D eigenvalue weighted by Gasteiger charge is -2.06. The van der Waals surface area contributed by atoms with Crippen molar-refractivity contribution in [3.05, 3.63) is 29.8 Å². The standard InChI is InChI=1S/C16H23NO3/c1-2-3-4-5-6-7-11-15(18)17-14-10-8-9-13(12-14)16(19)20/h8-10,12H,2-7,11H2,1H3,(H,17,18)(H,19,20). The third-order valence-corrected chi connectivity index (χ3v) is 3.15. The zero-order valence-corrected chi connectivity index (χ0v) is 12.0. The van der Waals surface area contributed by atoms with Gasteiger partial charge < -0.3 is 10.4 Å². The molecule has 2 N–H and O–H groups in total. The van der Waals surface area contributed by atoms with E-state index in [1.54, 1.807) is 12.1 Å². The van der Waals surface area contributed by atoms with Gasteiger partial charge in [-0.3, -0.25) is 4.79 Å². The van der Waals surface area contributed by atoms with E-state index in [1.165, 1.54) is 37.8 Å². The molecule has 4 heteroatoms. The normalized spacial score (nSPS) is 10.2. The average molecular weight is 277 g/mol. The molecule has 0 aromatic heterocycles. The molecule has 0 saturated heterocycles. The summed E-state index contributed by atoms with van der Waals surface area (Å²) in [4.78, 5) is 22.5. The van der Waals surface area contributed by atoms with Crippen molar-refractivity contribution < 1.29 is 14.7 Å². The maximum atomic E-state index is 11.7. The third kappa shape index (κ3) is 6.36. The number of hydrogen-bond acceptors (Lipinski definition) is 2. The molecular weight excluding hydrogens is 254 g/mol. The van der Waals surface area contributed by atoms with Crippen LogP contribution in [-0.4, -0.2) is 17.0 Å². The van der Waals surface area contributed by atoms with E-state index in [4.69, 9.17) is 5.11 Å². The SMILES string of the molecule is CCCCCCCCC(=O)Nc1cccc(C(=O)O)c1. The number of unbranched alkanes of at least 4 members (excludes halogenated alkanes) is 5. The topological polar surface area (TPSA) is 66.4 Å². The molecule has 0 bridgehead atoms. The number of carboxylic acids is 1. The Morgan fingerprint density at radius 2 is 1.80 bits per heavy atom. The van der Waals surface area contributed by atoms with Gasteiger partial charge >= 0.3 is 5.97 Å². The van der Waals surface area contributed by atoms with Crippen molar-refractivity contribution in [1.29, 1.82) is 0 Å². The van der Waals surface area contributed by atoms with Gasteiger partial charge in [-0.25, -0.2) is 4.79 Å². The predicted octanol–water partition coefficient (Wildman–Crippen LogP) is 4.07. The van der Waals surface area contributed by atoms with E-state index in [0.29, 0.717) is 12.1 Å². The highest BCUT2D eigenvalue weighted by Crippen LogP contribution is 2.12. The number of aromatic carboxylic acids is 1. The Morgan fingerprint density at radius 3 is 2.50 bits per heavy atom. The largest absolute Gasteiger partial charge is 0.478 e. The molecule has 0 heterocycles. The lowest BCUT2D eigenvalue weighted by molar-refractivity contribution is -0.116. The van der Waals surface area contributed by atoms with Crippen LogP contribution in [-0.2, 0) is 4.79 Å². The molecule has 110 valence electrons. The Hall–Kier alpha value is -1.84. The van der Waals surface area contributed by atoms with Crippen LogP contribution in [0.4, 0.5) is 5.69 Å². The first-order valence-corrected chi connectivity index (χ1v) is 7.26. The summed E-state index contributed by atoms with van der Waals surface area (Å²) in [6.45, 7) is 2.18. The molecule has 20 heavy (non-hydrogen) atoms. The third-order valence-electron chi connectivity index (χ3n) is 3.15. The molecule has 0 fully saturated rings. The van der Waals surface area contributed by atoms with Crippen molar-refractivity contribution in [2.24, 2.45) is 0 Å². The summed E-state index contributed by atoms with van der Waals surface area (Å²) in [5.74, 6) is -1.04. The van der Waals surface area contributed by atoms with E-state index in [1.807, 2.05) is 0 Å². The number of amides is 1. The molecule has 4 nitrogen and oxygen atoms in total. The fourth-order valence-corrected chi connectivity index (χ4v) is 2.02. The summed E-state index contributed by atoms with van der Waals surface area (Å²) < 4.78 is 0. The zero-order valence-electron chi connectivity index (χ0n) is 12.0. The first kappa shape index (κ1) is 16.2. The number of benzene rings is 1. The van der Waals surface area contributed by atoms with Crippen LogP contribution in [0.1, 0.15) is 62.2 Å². The van der Waals surface area contributed by atoms with Gasteiger partial charge in [0, 0.05) is 12.1 Å². The molecule has 1 aromatic carbocycles. The summed E-state index contributed by atoms with van der Waals surface area (Å²) in [6, 6.07) is 6.31. The van der Waals surface area contributed by atoms with Crippen molar-refractivity contribution >= 4 is 17.6 Å². The molecule has 0 spiro atoms. The molecule has 0 aliphatic rings. The van der Waals surface area contributed by atoms with Gasteiger partial charge in [-0.15, -0.1) is 0 Å². The van der Waals surface area contributed by atoms with Crippen LogP contribution in [0.5, 0.6) is 0 Å². The maximum absolute atomic E-state index is 11.7. The van der Waals surface area contributed by atoms with E-state index < -0.39 is 5.97 Å². The Kier molecular flexibility index (Phi) is 7.40. The van der Waals surface area contributed by atoms with Gasteiger partial charge in [0.1, 0.15) is 0 Å². The Morgan fingerprint density at radius 1 is 1.10 bits per heavy atom. The number of carboxylic acid groups (broad SMARTS) is 1. The van der Waals surface area contributed by atoms with Gasteiger partial charge in [-0.2, -0.15) is 0 Å². The molecule has 0 radical (unpaired) electrons. The maximum Gasteiger partial charge on any atom is 0.335 e. The van der Waals surface area contributed by atoms with E-state index in [9.17, 15) is 9.59 Å². The number of anilines is 1. The summed E-state index contributed by atoms with van der Waals surface area (Å²) in [7, 11) is 0. The second kappa shape index (κ2) is 9.13. The molecule has 0 saturated carbocycles. The van der Waals surface area contributed by atoms with Gasteiger partial charge in [0.2, 0.25) is 5.91 Å². The number of nitrogens with one attached hydrogen (secondary N) is 1. The number of rotatable bonds is 9. The number of carbonyl (C=O) groups excluding carboxylic acids is 1. The van der Waals surface area contributed by atoms with E-state index in [-0.39, 0.29) is 11.5 Å². The monoisotopic (exact) mass is 277 g/mol. The summed E-state index contributed by atoms with van der Waals surface area (Å²) in [6.07, 6.45) is 7.34. The molecular formula is C16H23NO3. The zero-order chi connectivity index (χ0) is 14.8. The highest BCUT2D eigenvalue weighted by molar-refractivity contribution is 5.93. The van der Waals surface area contributed by atoms with Gasteiger partial charge in [0.15, 0.2) is 0 Å². The molecule has 0 aliphatic heterocycles. The summed E-state index contributed by atoms with van der Waals surface area (Å²) in [5.41, 5.74) is 0.725. The fourth-order valence-electron chi connectivity index (χ4n) is 2.02.